The van der Waals surface area contributed by atoms with Gasteiger partial charge in [0.15, 0.2) is 0 Å². The predicted molar refractivity (Wildman–Crippen MR) is 175 cm³/mol. The van der Waals surface area contributed by atoms with E-state index in [4.69, 9.17) is 10.5 Å². The number of carbonyl (C=O) groups is 4. The maximum Gasteiger partial charge on any atom is 0.317 e. The number of nitrogens with one attached hydrogen (secondary N) is 3. The maximum absolute atomic E-state index is 13.7. The molecule has 0 aromatic heterocycles. The third-order valence-electron chi connectivity index (χ3n) is 7.70. The highest BCUT2D eigenvalue weighted by atomic mass is 16.5. The first-order valence-corrected chi connectivity index (χ1v) is 15.6. The van der Waals surface area contributed by atoms with Crippen molar-refractivity contribution in [1.82, 2.24) is 15.1 Å². The van der Waals surface area contributed by atoms with Gasteiger partial charge in [0.2, 0.25) is 11.8 Å². The van der Waals surface area contributed by atoms with Gasteiger partial charge in [0.1, 0.15) is 11.9 Å². The molecule has 12 heteroatoms. The Balaban J connectivity index is 1.62. The van der Waals surface area contributed by atoms with Crippen molar-refractivity contribution in [2.45, 2.75) is 78.0 Å². The minimum absolute atomic E-state index is 0.0183. The number of nitrogen functional groups attached to an aromatic ring is 1. The van der Waals surface area contributed by atoms with Crippen LogP contribution >= 0.6 is 0 Å². The number of hydrogen-bond acceptors (Lipinski definition) is 7. The van der Waals surface area contributed by atoms with Gasteiger partial charge in [-0.25, -0.2) is 4.79 Å². The Morgan fingerprint density at radius 2 is 1.71 bits per heavy atom. The molecule has 0 spiro atoms. The normalized spacial score (nSPS) is 17.0. The second kappa shape index (κ2) is 16.7. The lowest BCUT2D eigenvalue weighted by atomic mass is 9.99. The largest absolute Gasteiger partial charge is 0.487 e. The molecule has 0 unspecified atom stereocenters. The number of aliphatic hydroxyl groups excluding tert-OH is 1. The fraction of sp³-hybridized carbons (Fsp3) is 0.515. The standard InChI is InChI=1S/C33H48N6O6/c1-21(2)35-33(44)38(5)19-29-22(3)18-39(23(4)20-40)32(43)25-17-24(15-16-28(25)45-29)36-30(41)13-7-6-8-14-31(42)37-27-12-10-9-11-26(27)34/h9-12,15-17,21-23,29,40H,6-8,13-14,18-20,34H2,1-5H3,(H,35,44)(H,36,41)(H,37,42)/t22-,23-,29+/m1/s1. The number of carbonyl (C=O) groups excluding carboxylic acids is 4. The van der Waals surface area contributed by atoms with E-state index in [9.17, 15) is 24.3 Å². The average molecular weight is 625 g/mol. The van der Waals surface area contributed by atoms with Crippen LogP contribution in [-0.2, 0) is 9.59 Å². The van der Waals surface area contributed by atoms with Crippen molar-refractivity contribution < 1.29 is 29.0 Å². The first-order chi connectivity index (χ1) is 21.4. The number of urea groups is 1. The van der Waals surface area contributed by atoms with E-state index in [-0.39, 0.29) is 60.8 Å². The zero-order valence-corrected chi connectivity index (χ0v) is 27.0. The van der Waals surface area contributed by atoms with Gasteiger partial charge in [-0.1, -0.05) is 25.5 Å². The van der Waals surface area contributed by atoms with Crippen LogP contribution in [0.1, 0.15) is 70.2 Å². The van der Waals surface area contributed by atoms with Gasteiger partial charge in [0.05, 0.1) is 36.1 Å². The van der Waals surface area contributed by atoms with Crippen LogP contribution in [0.25, 0.3) is 0 Å². The maximum atomic E-state index is 13.7. The van der Waals surface area contributed by atoms with E-state index in [1.807, 2.05) is 20.8 Å². The quantitative estimate of drug-likeness (QED) is 0.165. The van der Waals surface area contributed by atoms with Gasteiger partial charge >= 0.3 is 6.03 Å². The van der Waals surface area contributed by atoms with Crippen LogP contribution < -0.4 is 26.4 Å². The Hall–Kier alpha value is -4.32. The molecule has 1 heterocycles. The fourth-order valence-electron chi connectivity index (χ4n) is 5.02. The van der Waals surface area contributed by atoms with E-state index in [0.29, 0.717) is 55.0 Å². The number of anilines is 3. The van der Waals surface area contributed by atoms with Crippen LogP contribution in [0.3, 0.4) is 0 Å². The van der Waals surface area contributed by atoms with Gasteiger partial charge in [0.25, 0.3) is 5.91 Å². The van der Waals surface area contributed by atoms with Crippen molar-refractivity contribution in [2.24, 2.45) is 5.92 Å². The number of aliphatic hydroxyl groups is 1. The highest BCUT2D eigenvalue weighted by Gasteiger charge is 2.34. The Bertz CT molecular complexity index is 1330. The summed E-state index contributed by atoms with van der Waals surface area (Å²) in [4.78, 5) is 54.4. The number of benzene rings is 2. The number of nitrogens with zero attached hydrogens (tertiary/aromatic N) is 2. The lowest BCUT2D eigenvalue weighted by Gasteiger charge is -2.38. The molecular formula is C33H48N6O6. The van der Waals surface area contributed by atoms with E-state index >= 15 is 0 Å². The summed E-state index contributed by atoms with van der Waals surface area (Å²) in [5, 5.41) is 18.4. The summed E-state index contributed by atoms with van der Waals surface area (Å²) >= 11 is 0. The topological polar surface area (TPSA) is 166 Å². The Kier molecular flexibility index (Phi) is 13.0. The molecule has 1 aliphatic rings. The minimum atomic E-state index is -0.445. The van der Waals surface area contributed by atoms with Gasteiger partial charge < -0.3 is 41.3 Å². The molecule has 12 nitrogen and oxygen atoms in total. The van der Waals surface area contributed by atoms with E-state index in [1.165, 1.54) is 0 Å². The summed E-state index contributed by atoms with van der Waals surface area (Å²) in [6.07, 6.45) is 2.07. The predicted octanol–water partition coefficient (Wildman–Crippen LogP) is 4.07. The van der Waals surface area contributed by atoms with Crippen LogP contribution in [0.15, 0.2) is 42.5 Å². The molecule has 3 rings (SSSR count). The SMILES string of the molecule is CC(C)NC(=O)N(C)C[C@@H]1Oc2ccc(NC(=O)CCCCCC(=O)Nc3ccccc3N)cc2C(=O)N([C@H](C)CO)C[C@H]1C. The van der Waals surface area contributed by atoms with Crippen molar-refractivity contribution in [1.29, 1.82) is 0 Å². The number of nitrogens with two attached hydrogens (primary N) is 1. The molecule has 2 aromatic rings. The first-order valence-electron chi connectivity index (χ1n) is 15.6. The highest BCUT2D eigenvalue weighted by molar-refractivity contribution is 6.00. The van der Waals surface area contributed by atoms with E-state index < -0.39 is 12.1 Å². The monoisotopic (exact) mass is 624 g/mol. The Labute approximate surface area is 265 Å². The number of fused-ring (bicyclic) bond motifs is 1. The number of hydrogen-bond donors (Lipinski definition) is 5. The molecular weight excluding hydrogens is 576 g/mol. The summed E-state index contributed by atoms with van der Waals surface area (Å²) in [6.45, 7) is 7.89. The lowest BCUT2D eigenvalue weighted by molar-refractivity contribution is -0.116. The van der Waals surface area contributed by atoms with E-state index in [2.05, 4.69) is 16.0 Å². The molecule has 0 radical (unpaired) electrons. The Morgan fingerprint density at radius 3 is 2.36 bits per heavy atom. The molecule has 0 saturated heterocycles. The molecule has 0 bridgehead atoms. The third-order valence-corrected chi connectivity index (χ3v) is 7.70. The van der Waals surface area contributed by atoms with E-state index in [0.717, 1.165) is 0 Å². The fourth-order valence-corrected chi connectivity index (χ4v) is 5.02. The van der Waals surface area contributed by atoms with Gasteiger partial charge in [-0.15, -0.1) is 0 Å². The summed E-state index contributed by atoms with van der Waals surface area (Å²) in [6, 6.07) is 11.3. The molecule has 45 heavy (non-hydrogen) atoms. The van der Waals surface area contributed by atoms with E-state index in [1.54, 1.807) is 66.2 Å². The molecule has 0 aliphatic carbocycles. The second-order valence-corrected chi connectivity index (χ2v) is 12.1. The van der Waals surface area contributed by atoms with Gasteiger partial charge in [-0.3, -0.25) is 14.4 Å². The van der Waals surface area contributed by atoms with Crippen LogP contribution in [0.5, 0.6) is 5.75 Å². The van der Waals surface area contributed by atoms with Gasteiger partial charge in [-0.05, 0) is 63.9 Å². The van der Waals surface area contributed by atoms with Crippen LogP contribution in [0.2, 0.25) is 0 Å². The smallest absolute Gasteiger partial charge is 0.317 e. The van der Waals surface area contributed by atoms with Crippen LogP contribution in [-0.4, -0.2) is 83.6 Å². The van der Waals surface area contributed by atoms with Crippen LogP contribution in [0.4, 0.5) is 21.9 Å². The molecule has 246 valence electrons. The van der Waals surface area contributed by atoms with Crippen molar-refractivity contribution in [3.05, 3.63) is 48.0 Å². The number of para-hydroxylation sites is 2. The van der Waals surface area contributed by atoms with Gasteiger partial charge in [-0.2, -0.15) is 0 Å². The number of likely N-dealkylation sites (N-methyl/N-ethyl adjacent to an activating group) is 1. The summed E-state index contributed by atoms with van der Waals surface area (Å²) < 4.78 is 6.34. The molecule has 1 aliphatic heterocycles. The zero-order chi connectivity index (χ0) is 33.1. The molecule has 0 fully saturated rings. The Morgan fingerprint density at radius 1 is 1.04 bits per heavy atom. The minimum Gasteiger partial charge on any atom is -0.487 e. The second-order valence-electron chi connectivity index (χ2n) is 12.1. The third kappa shape index (κ3) is 10.4. The number of unbranched alkanes of at least 4 members (excludes halogenated alkanes) is 2. The van der Waals surface area contributed by atoms with Crippen molar-refractivity contribution in [3.63, 3.8) is 0 Å². The van der Waals surface area contributed by atoms with Crippen molar-refractivity contribution in [2.75, 3.05) is 43.1 Å². The van der Waals surface area contributed by atoms with Crippen LogP contribution in [0, 0.1) is 5.92 Å². The first kappa shape index (κ1) is 35.2. The molecule has 0 saturated carbocycles. The molecule has 2 aromatic carbocycles. The van der Waals surface area contributed by atoms with Crippen molar-refractivity contribution in [3.8, 4) is 5.75 Å². The summed E-state index contributed by atoms with van der Waals surface area (Å²) in [5.74, 6) is -0.447. The number of amides is 5. The number of ether oxygens (including phenoxy) is 1. The van der Waals surface area contributed by atoms with Gasteiger partial charge in [0, 0.05) is 44.1 Å². The average Bonchev–Trinajstić information content (AvgIpc) is 2.99. The number of rotatable bonds is 13. The zero-order valence-electron chi connectivity index (χ0n) is 27.0. The van der Waals surface area contributed by atoms with Crippen molar-refractivity contribution >= 4 is 40.8 Å². The lowest BCUT2D eigenvalue weighted by Crippen LogP contribution is -2.51. The highest BCUT2D eigenvalue weighted by Crippen LogP contribution is 2.31. The molecule has 6 N–H and O–H groups in total. The summed E-state index contributed by atoms with van der Waals surface area (Å²) in [7, 11) is 1.70. The summed E-state index contributed by atoms with van der Waals surface area (Å²) in [5.41, 5.74) is 7.68. The molecule has 3 atom stereocenters. The molecule has 5 amide bonds.